The molecule has 0 saturated carbocycles. The minimum Gasteiger partial charge on any atom is -0.345 e. The molecule has 1 aromatic heterocycles. The SMILES string of the molecule is CC(C)n1cc(CCCN)c2c(Cl)cccc21. The van der Waals surface area contributed by atoms with E-state index in [2.05, 4.69) is 30.7 Å². The summed E-state index contributed by atoms with van der Waals surface area (Å²) < 4.78 is 2.28. The highest BCUT2D eigenvalue weighted by Crippen LogP contribution is 2.31. The van der Waals surface area contributed by atoms with Crippen molar-refractivity contribution < 1.29 is 0 Å². The third kappa shape index (κ3) is 2.33. The van der Waals surface area contributed by atoms with Gasteiger partial charge >= 0.3 is 0 Å². The Morgan fingerprint density at radius 1 is 1.35 bits per heavy atom. The van der Waals surface area contributed by atoms with E-state index in [0.29, 0.717) is 6.04 Å². The van der Waals surface area contributed by atoms with Gasteiger partial charge in [0.2, 0.25) is 0 Å². The first kappa shape index (κ1) is 12.5. The van der Waals surface area contributed by atoms with Crippen LogP contribution in [0.15, 0.2) is 24.4 Å². The fraction of sp³-hybridized carbons (Fsp3) is 0.429. The fourth-order valence-electron chi connectivity index (χ4n) is 2.26. The van der Waals surface area contributed by atoms with Crippen LogP contribution in [0, 0.1) is 0 Å². The molecule has 0 radical (unpaired) electrons. The Morgan fingerprint density at radius 2 is 2.12 bits per heavy atom. The number of hydrogen-bond donors (Lipinski definition) is 1. The van der Waals surface area contributed by atoms with Gasteiger partial charge in [0.05, 0.1) is 10.5 Å². The van der Waals surface area contributed by atoms with Gasteiger partial charge in [-0.2, -0.15) is 0 Å². The molecule has 2 nitrogen and oxygen atoms in total. The number of benzene rings is 1. The molecule has 0 aliphatic carbocycles. The van der Waals surface area contributed by atoms with Crippen LogP contribution < -0.4 is 5.73 Å². The number of fused-ring (bicyclic) bond motifs is 1. The van der Waals surface area contributed by atoms with Crippen molar-refractivity contribution in [1.29, 1.82) is 0 Å². The molecule has 17 heavy (non-hydrogen) atoms. The van der Waals surface area contributed by atoms with Gasteiger partial charge < -0.3 is 10.3 Å². The summed E-state index contributed by atoms with van der Waals surface area (Å²) >= 11 is 6.31. The van der Waals surface area contributed by atoms with Crippen molar-refractivity contribution in [3.63, 3.8) is 0 Å². The Bertz CT molecular complexity index is 514. The number of halogens is 1. The second-order valence-corrected chi connectivity index (χ2v) is 5.09. The van der Waals surface area contributed by atoms with Crippen LogP contribution >= 0.6 is 11.6 Å². The smallest absolute Gasteiger partial charge is 0.0502 e. The molecule has 92 valence electrons. The number of aromatic nitrogens is 1. The predicted octanol–water partition coefficient (Wildman–Crippen LogP) is 3.77. The quantitative estimate of drug-likeness (QED) is 0.880. The zero-order valence-electron chi connectivity index (χ0n) is 10.4. The van der Waals surface area contributed by atoms with Crippen molar-refractivity contribution >= 4 is 22.5 Å². The van der Waals surface area contributed by atoms with Crippen LogP contribution in [0.25, 0.3) is 10.9 Å². The van der Waals surface area contributed by atoms with Gasteiger partial charge in [0.25, 0.3) is 0 Å². The molecule has 1 heterocycles. The van der Waals surface area contributed by atoms with Gasteiger partial charge in [-0.05, 0) is 50.9 Å². The van der Waals surface area contributed by atoms with E-state index in [1.165, 1.54) is 16.5 Å². The fourth-order valence-corrected chi connectivity index (χ4v) is 2.55. The van der Waals surface area contributed by atoms with Gasteiger partial charge in [-0.3, -0.25) is 0 Å². The molecule has 2 aromatic rings. The molecule has 0 fully saturated rings. The van der Waals surface area contributed by atoms with Gasteiger partial charge in [-0.1, -0.05) is 17.7 Å². The van der Waals surface area contributed by atoms with E-state index in [-0.39, 0.29) is 0 Å². The van der Waals surface area contributed by atoms with Gasteiger partial charge in [0, 0.05) is 17.6 Å². The maximum atomic E-state index is 6.31. The summed E-state index contributed by atoms with van der Waals surface area (Å²) in [6, 6.07) is 6.55. The molecule has 3 heteroatoms. The molecule has 1 aromatic carbocycles. The zero-order valence-corrected chi connectivity index (χ0v) is 11.2. The first-order valence-electron chi connectivity index (χ1n) is 6.13. The highest BCUT2D eigenvalue weighted by molar-refractivity contribution is 6.35. The average Bonchev–Trinajstić information content (AvgIpc) is 2.67. The first-order chi connectivity index (χ1) is 8.15. The summed E-state index contributed by atoms with van der Waals surface area (Å²) in [6.45, 7) is 5.10. The van der Waals surface area contributed by atoms with Gasteiger partial charge in [-0.15, -0.1) is 0 Å². The maximum Gasteiger partial charge on any atom is 0.0502 e. The molecule has 2 N–H and O–H groups in total. The van der Waals surface area contributed by atoms with Gasteiger partial charge in [0.15, 0.2) is 0 Å². The molecular formula is C14H19ClN2. The van der Waals surface area contributed by atoms with Crippen LogP contribution in [0.1, 0.15) is 31.9 Å². The lowest BCUT2D eigenvalue weighted by molar-refractivity contribution is 0.620. The lowest BCUT2D eigenvalue weighted by Gasteiger charge is -2.08. The number of nitrogens with zero attached hydrogens (tertiary/aromatic N) is 1. The third-order valence-corrected chi connectivity index (χ3v) is 3.41. The monoisotopic (exact) mass is 250 g/mol. The predicted molar refractivity (Wildman–Crippen MR) is 74.7 cm³/mol. The molecule has 0 amide bonds. The van der Waals surface area contributed by atoms with E-state index in [1.54, 1.807) is 0 Å². The molecule has 0 unspecified atom stereocenters. The topological polar surface area (TPSA) is 30.9 Å². The normalized spacial score (nSPS) is 11.6. The van der Waals surface area contributed by atoms with E-state index < -0.39 is 0 Å². The van der Waals surface area contributed by atoms with E-state index in [4.69, 9.17) is 17.3 Å². The largest absolute Gasteiger partial charge is 0.345 e. The average molecular weight is 251 g/mol. The minimum atomic E-state index is 0.447. The highest BCUT2D eigenvalue weighted by Gasteiger charge is 2.12. The summed E-state index contributed by atoms with van der Waals surface area (Å²) in [4.78, 5) is 0. The van der Waals surface area contributed by atoms with Gasteiger partial charge in [-0.25, -0.2) is 0 Å². The van der Waals surface area contributed by atoms with Crippen molar-refractivity contribution in [2.24, 2.45) is 5.73 Å². The molecule has 0 atom stereocenters. The maximum absolute atomic E-state index is 6.31. The van der Waals surface area contributed by atoms with E-state index in [0.717, 1.165) is 24.4 Å². The molecule has 0 spiro atoms. The van der Waals surface area contributed by atoms with Crippen molar-refractivity contribution in [2.75, 3.05) is 6.54 Å². The Labute approximate surface area is 107 Å². The van der Waals surface area contributed by atoms with Gasteiger partial charge in [0.1, 0.15) is 0 Å². The van der Waals surface area contributed by atoms with E-state index in [1.807, 2.05) is 12.1 Å². The van der Waals surface area contributed by atoms with Crippen LogP contribution in [0.5, 0.6) is 0 Å². The number of nitrogens with two attached hydrogens (primary N) is 1. The molecule has 0 aliphatic heterocycles. The first-order valence-corrected chi connectivity index (χ1v) is 6.51. The van der Waals surface area contributed by atoms with E-state index in [9.17, 15) is 0 Å². The van der Waals surface area contributed by atoms with Crippen molar-refractivity contribution in [3.05, 3.63) is 35.0 Å². The number of rotatable bonds is 4. The van der Waals surface area contributed by atoms with Crippen LogP contribution in [0.3, 0.4) is 0 Å². The van der Waals surface area contributed by atoms with Crippen molar-refractivity contribution in [3.8, 4) is 0 Å². The van der Waals surface area contributed by atoms with Crippen LogP contribution in [0.4, 0.5) is 0 Å². The number of aryl methyl sites for hydroxylation is 1. The summed E-state index contributed by atoms with van der Waals surface area (Å²) in [7, 11) is 0. The van der Waals surface area contributed by atoms with Crippen LogP contribution in [-0.4, -0.2) is 11.1 Å². The summed E-state index contributed by atoms with van der Waals surface area (Å²) in [6.07, 6.45) is 4.22. The second kappa shape index (κ2) is 5.11. The Morgan fingerprint density at radius 3 is 2.76 bits per heavy atom. The molecule has 0 saturated heterocycles. The minimum absolute atomic E-state index is 0.447. The Balaban J connectivity index is 2.59. The molecule has 2 rings (SSSR count). The Hall–Kier alpha value is -0.990. The second-order valence-electron chi connectivity index (χ2n) is 4.68. The molecular weight excluding hydrogens is 232 g/mol. The van der Waals surface area contributed by atoms with E-state index >= 15 is 0 Å². The Kier molecular flexibility index (Phi) is 3.75. The number of hydrogen-bond acceptors (Lipinski definition) is 1. The summed E-state index contributed by atoms with van der Waals surface area (Å²) in [5, 5.41) is 2.03. The standard InChI is InChI=1S/C14H19ClN2/c1-10(2)17-9-11(5-4-8-16)14-12(15)6-3-7-13(14)17/h3,6-7,9-10H,4-5,8,16H2,1-2H3. The lowest BCUT2D eigenvalue weighted by atomic mass is 10.1. The van der Waals surface area contributed by atoms with Crippen molar-refractivity contribution in [1.82, 2.24) is 4.57 Å². The lowest BCUT2D eigenvalue weighted by Crippen LogP contribution is -2.00. The summed E-state index contributed by atoms with van der Waals surface area (Å²) in [5.41, 5.74) is 8.12. The van der Waals surface area contributed by atoms with Crippen LogP contribution in [-0.2, 0) is 6.42 Å². The zero-order chi connectivity index (χ0) is 12.4. The third-order valence-electron chi connectivity index (χ3n) is 3.09. The van der Waals surface area contributed by atoms with Crippen molar-refractivity contribution in [2.45, 2.75) is 32.7 Å². The van der Waals surface area contributed by atoms with Crippen LogP contribution in [0.2, 0.25) is 5.02 Å². The molecule has 0 aliphatic rings. The highest BCUT2D eigenvalue weighted by atomic mass is 35.5. The molecule has 0 bridgehead atoms. The summed E-state index contributed by atoms with van der Waals surface area (Å²) in [5.74, 6) is 0.